The van der Waals surface area contributed by atoms with Gasteiger partial charge in [-0.25, -0.2) is 18.3 Å². The van der Waals surface area contributed by atoms with Crippen molar-refractivity contribution in [1.82, 2.24) is 0 Å². The molecule has 8 aromatic carbocycles. The maximum Gasteiger partial charge on any atom is 0.212 e. The summed E-state index contributed by atoms with van der Waals surface area (Å²) in [4.78, 5) is 0. The van der Waals surface area contributed by atoms with Crippen molar-refractivity contribution >= 4 is 0 Å². The van der Waals surface area contributed by atoms with Gasteiger partial charge < -0.3 is 0 Å². The number of hydrogen-bond acceptors (Lipinski definition) is 0. The second-order valence-corrected chi connectivity index (χ2v) is 30.4. The lowest BCUT2D eigenvalue weighted by Gasteiger charge is -2.23. The Morgan fingerprint density at radius 3 is 0.889 bits per heavy atom. The Morgan fingerprint density at radius 1 is 0.333 bits per heavy atom. The third-order valence-corrected chi connectivity index (χ3v) is 20.4. The summed E-state index contributed by atoms with van der Waals surface area (Å²) in [5, 5.41) is 0. The summed E-state index contributed by atoms with van der Waals surface area (Å²) in [6.07, 6.45) is 9.63. The molecule has 2 aliphatic carbocycles. The largest absolute Gasteiger partial charge is 0.212 e. The molecular weight excluding hydrogens is 1310 g/mol. The number of hydrogen-bond donors (Lipinski definition) is 0. The minimum atomic E-state index is -2.50. The summed E-state index contributed by atoms with van der Waals surface area (Å²) in [6.45, 7) is -2.76. The predicted octanol–water partition coefficient (Wildman–Crippen LogP) is 25.6. The second kappa shape index (κ2) is 35.2. The van der Waals surface area contributed by atoms with Crippen LogP contribution in [0, 0.1) is 93.8 Å². The number of aromatic nitrogens is 4. The van der Waals surface area contributed by atoms with Crippen molar-refractivity contribution < 1.29 is 59.4 Å². The SMILES string of the molecule is [2H]C([2H])([2H])c1cc(C)c(-c2cc(C([2H])([2H])C(C)(C)C)c(C([2H])([2H])[2H])c[n+]2C)cc1-c1ccccc1.[2H]C([2H])([2H])c1cc(C)c(-c2cc(C([2H])([2H])C(C)C)c(C([2H])([2H])[2H])c[n+]2C)cc1-c1ccccc1.[2H]C([2H])([2H])c1cc(C)c(-c2cc(C3([2H])CCCC3)c(C([2H])([2H])[2H])c[n+]2C)cc1-c1ccccc1.[2H]C([2H])([2H])c1cc(C)c(-c2cc(C3([2H])CCCCC3)c(C([2H])([2H])[2H])c[n+]2C)cc1-c1ccccc1. The Hall–Kier alpha value is -9.64. The van der Waals surface area contributed by atoms with Gasteiger partial charge in [-0.3, -0.25) is 0 Å². The quantitative estimate of drug-likeness (QED) is 0.102. The van der Waals surface area contributed by atoms with E-state index in [9.17, 15) is 1.37 Å². The molecule has 0 N–H and O–H groups in total. The minimum Gasteiger partial charge on any atom is -0.201 e. The first-order valence-corrected chi connectivity index (χ1v) is 37.5. The summed E-state index contributed by atoms with van der Waals surface area (Å²) in [6, 6.07) is 58.5. The van der Waals surface area contributed by atoms with Gasteiger partial charge in [-0.2, -0.15) is 0 Å². The molecule has 4 heteroatoms. The van der Waals surface area contributed by atoms with Gasteiger partial charge in [-0.05, 0) is 280 Å². The van der Waals surface area contributed by atoms with E-state index in [1.165, 1.54) is 12.4 Å². The Balaban J connectivity index is 0.000000176. The van der Waals surface area contributed by atoms with E-state index in [0.29, 0.717) is 92.7 Å². The molecule has 0 saturated heterocycles. The lowest BCUT2D eigenvalue weighted by Crippen LogP contribution is -2.32. The number of pyridine rings is 4. The summed E-state index contributed by atoms with van der Waals surface area (Å²) < 4.78 is 254. The summed E-state index contributed by atoms with van der Waals surface area (Å²) in [7, 11) is 7.06. The van der Waals surface area contributed by atoms with Gasteiger partial charge in [0.15, 0.2) is 24.8 Å². The normalized spacial score (nSPS) is 19.1. The number of rotatable bonds is 13. The lowest BCUT2D eigenvalue weighted by molar-refractivity contribution is -0.661. The molecule has 556 valence electrons. The van der Waals surface area contributed by atoms with Gasteiger partial charge in [-0.1, -0.05) is 212 Å². The molecule has 2 aliphatic rings. The first-order chi connectivity index (χ1) is 63.5. The maximum atomic E-state index is 9.22. The topological polar surface area (TPSA) is 15.5 Å². The highest BCUT2D eigenvalue weighted by atomic mass is 14.9. The molecule has 4 aromatic heterocycles. The van der Waals surface area contributed by atoms with Crippen LogP contribution in [0.1, 0.15) is 234 Å². The van der Waals surface area contributed by atoms with Crippen LogP contribution < -0.4 is 18.3 Å². The van der Waals surface area contributed by atoms with Crippen LogP contribution in [-0.2, 0) is 40.9 Å². The molecule has 108 heavy (non-hydrogen) atoms. The molecule has 0 radical (unpaired) electrons. The molecular formula is C104H124N4+4. The number of benzene rings is 8. The zero-order valence-corrected chi connectivity index (χ0v) is 65.0. The van der Waals surface area contributed by atoms with E-state index in [4.69, 9.17) is 39.8 Å². The van der Waals surface area contributed by atoms with Crippen molar-refractivity contribution in [3.8, 4) is 89.5 Å². The van der Waals surface area contributed by atoms with Crippen molar-refractivity contribution in [2.45, 2.75) is 199 Å². The van der Waals surface area contributed by atoms with Crippen LogP contribution in [0.4, 0.5) is 0 Å². The van der Waals surface area contributed by atoms with E-state index in [1.807, 2.05) is 192 Å². The fraction of sp³-hybridized carbons (Fsp3) is 0.346. The van der Waals surface area contributed by atoms with Crippen LogP contribution in [0.15, 0.2) is 219 Å². The Morgan fingerprint density at radius 2 is 0.602 bits per heavy atom. The summed E-state index contributed by atoms with van der Waals surface area (Å²) in [5.41, 5.74) is 16.3. The molecule has 0 atom stereocenters. The van der Waals surface area contributed by atoms with Crippen molar-refractivity contribution in [2.75, 3.05) is 0 Å². The molecule has 12 aromatic rings. The lowest BCUT2D eigenvalue weighted by atomic mass is 9.82. The second-order valence-electron chi connectivity index (χ2n) is 30.4. The van der Waals surface area contributed by atoms with Gasteiger partial charge in [-0.15, -0.1) is 0 Å². The van der Waals surface area contributed by atoms with Crippen LogP contribution in [0.2, 0.25) is 0 Å². The van der Waals surface area contributed by atoms with E-state index < -0.39 is 90.7 Å². The molecule has 0 aliphatic heterocycles. The van der Waals surface area contributed by atoms with Gasteiger partial charge in [0.1, 0.15) is 28.2 Å². The highest BCUT2D eigenvalue weighted by Gasteiger charge is 2.28. The molecule has 14 rings (SSSR count). The first kappa shape index (κ1) is 48.7. The number of aryl methyl sites for hydroxylation is 16. The third-order valence-electron chi connectivity index (χ3n) is 20.4. The van der Waals surface area contributed by atoms with Crippen molar-refractivity contribution in [3.63, 3.8) is 0 Å². The molecule has 0 amide bonds. The predicted molar refractivity (Wildman–Crippen MR) is 460 cm³/mol. The smallest absolute Gasteiger partial charge is 0.201 e. The van der Waals surface area contributed by atoms with Crippen molar-refractivity contribution in [3.05, 3.63) is 308 Å². The van der Waals surface area contributed by atoms with E-state index in [1.54, 1.807) is 123 Å². The van der Waals surface area contributed by atoms with Crippen LogP contribution in [-0.4, -0.2) is 0 Å². The van der Waals surface area contributed by atoms with Crippen LogP contribution >= 0.6 is 0 Å². The first-order valence-electron chi connectivity index (χ1n) is 52.5. The van der Waals surface area contributed by atoms with Gasteiger partial charge >= 0.3 is 0 Å². The van der Waals surface area contributed by atoms with Crippen LogP contribution in [0.3, 0.4) is 0 Å². The molecule has 0 bridgehead atoms. The van der Waals surface area contributed by atoms with E-state index in [2.05, 4.69) is 0 Å². The Kier molecular flexibility index (Phi) is 15.9. The standard InChI is InChI=1S/C27H32N.C26H30N.C26H32N.C25H30N/c1-19-15-20(2)26(16-24(19)22-11-7-5-8-12-22)27-17-25(21(3)18-28(27)4)23-13-9-6-10-14-23;1-18-14-19(2)25(15-23(18)21-10-6-5-7-11-21)26-16-24(20(3)17-27(26)4)22-12-8-9-13-22;1-18-13-19(2)24(15-23(18)21-11-9-8-10-12-21)25-14-22(16-26(4,5)6)20(3)17-27(25)7;1-17(2)12-22-14-25(26(6)16-20(22)5)24-15-23(18(3)13-19(24)4)21-10-8-7-9-11-21/h5,7-8,11-12,15-18,23H,6,9-10,13-14H2,1-4H3;5-7,10-11,14-17,22H,8-9,12-13H2,1-4H3;8-15,17H,16H2,1-7H3;7-11,13-17H,12H2,1-6H3/q4*+1/i1D3,3D3,23D;1D3,3D3,22D;1D3,3D3,16D2;3D3,5D3,12D2. The zero-order valence-electron chi connectivity index (χ0n) is 95.0. The average molecular weight is 1460 g/mol. The molecule has 2 fully saturated rings. The van der Waals surface area contributed by atoms with E-state index in [0.717, 1.165) is 88.0 Å². The fourth-order valence-corrected chi connectivity index (χ4v) is 14.9. The van der Waals surface area contributed by atoms with Gasteiger partial charge in [0.2, 0.25) is 22.8 Å². The molecule has 0 unspecified atom stereocenters. The van der Waals surface area contributed by atoms with Gasteiger partial charge in [0.25, 0.3) is 0 Å². The molecule has 4 nitrogen and oxygen atoms in total. The molecule has 2 saturated carbocycles. The highest BCUT2D eigenvalue weighted by Crippen LogP contribution is 2.41. The van der Waals surface area contributed by atoms with Crippen LogP contribution in [0.25, 0.3) is 89.5 Å². The van der Waals surface area contributed by atoms with Gasteiger partial charge in [0, 0.05) is 110 Å². The molecule has 4 heterocycles. The van der Waals surface area contributed by atoms with E-state index in [-0.39, 0.29) is 55.6 Å². The zero-order chi connectivity index (χ0) is 103. The highest BCUT2D eigenvalue weighted by molar-refractivity contribution is 5.80. The monoisotopic (exact) mass is 1460 g/mol. The average Bonchev–Trinajstić information content (AvgIpc) is 1.11. The Bertz CT molecular complexity index is 6220. The maximum absolute atomic E-state index is 9.22. The summed E-state index contributed by atoms with van der Waals surface area (Å²) >= 11 is 0. The third kappa shape index (κ3) is 19.1. The van der Waals surface area contributed by atoms with Gasteiger partial charge in [0.05, 0.1) is 0 Å². The summed E-state index contributed by atoms with van der Waals surface area (Å²) in [5.74, 6) is -2.32. The number of nitrogens with zero attached hydrogens (tertiary/aromatic N) is 4. The van der Waals surface area contributed by atoms with Crippen LogP contribution in [0.5, 0.6) is 0 Å². The van der Waals surface area contributed by atoms with Crippen molar-refractivity contribution in [1.29, 1.82) is 0 Å². The fourth-order valence-electron chi connectivity index (χ4n) is 14.9. The minimum absolute atomic E-state index is 0.0301. The van der Waals surface area contributed by atoms with E-state index >= 15 is 0 Å². The Labute approximate surface area is 693 Å². The van der Waals surface area contributed by atoms with Crippen molar-refractivity contribution in [2.24, 2.45) is 39.5 Å². The molecule has 0 spiro atoms.